The van der Waals surface area contributed by atoms with Crippen molar-refractivity contribution in [3.63, 3.8) is 0 Å². The van der Waals surface area contributed by atoms with E-state index in [1.165, 1.54) is 17.7 Å². The van der Waals surface area contributed by atoms with E-state index < -0.39 is 6.09 Å². The van der Waals surface area contributed by atoms with Crippen LogP contribution in [0.4, 0.5) is 10.6 Å². The fourth-order valence-corrected chi connectivity index (χ4v) is 5.10. The molecule has 0 unspecified atom stereocenters. The smallest absolute Gasteiger partial charge is 0.410 e. The molecule has 0 saturated heterocycles. The maximum atomic E-state index is 12.8. The predicted molar refractivity (Wildman–Crippen MR) is 162 cm³/mol. The second-order valence-corrected chi connectivity index (χ2v) is 11.7. The Morgan fingerprint density at radius 3 is 2.62 bits per heavy atom. The van der Waals surface area contributed by atoms with Crippen LogP contribution in [0.2, 0.25) is 0 Å². The third-order valence-electron chi connectivity index (χ3n) is 6.17. The summed E-state index contributed by atoms with van der Waals surface area (Å²) in [4.78, 5) is 31.8. The summed E-state index contributed by atoms with van der Waals surface area (Å²) in [5.41, 5.74) is 2.73. The molecule has 3 heterocycles. The van der Waals surface area contributed by atoms with E-state index in [9.17, 15) is 9.59 Å². The highest BCUT2D eigenvalue weighted by Crippen LogP contribution is 2.34. The normalized spacial score (nSPS) is 11.4. The number of halogens is 1. The molecule has 0 fully saturated rings. The van der Waals surface area contributed by atoms with E-state index in [1.54, 1.807) is 17.5 Å². The third-order valence-corrected chi connectivity index (χ3v) is 7.36. The summed E-state index contributed by atoms with van der Waals surface area (Å²) in [6.07, 6.45) is 4.21. The van der Waals surface area contributed by atoms with Gasteiger partial charge in [-0.3, -0.25) is 4.79 Å². The molecule has 4 aromatic rings. The van der Waals surface area contributed by atoms with Gasteiger partial charge in [-0.2, -0.15) is 5.10 Å². The monoisotopic (exact) mass is 627 g/mol. The van der Waals surface area contributed by atoms with Crippen molar-refractivity contribution >= 4 is 56.3 Å². The van der Waals surface area contributed by atoms with Gasteiger partial charge in [0.1, 0.15) is 5.75 Å². The topological polar surface area (TPSA) is 114 Å². The van der Waals surface area contributed by atoms with E-state index in [4.69, 9.17) is 14.8 Å². The van der Waals surface area contributed by atoms with Crippen molar-refractivity contribution in [2.75, 3.05) is 32.5 Å². The maximum Gasteiger partial charge on any atom is 0.412 e. The quantitative estimate of drug-likeness (QED) is 0.184. The maximum absolute atomic E-state index is 12.8. The van der Waals surface area contributed by atoms with E-state index in [0.29, 0.717) is 41.8 Å². The molecule has 2 N–H and O–H groups in total. The standard InChI is InChI=1S/C28H34BrN7O3S/c1-18(2)7-5-6-13-36-26-22(25(34-36)33-27(37)20-16-31-40-17-20)15-23(29)24(32-26)19-8-10-21(11-9-19)39-28(38)30-12-14-35(3)4/h8-11,15-18H,5-7,12-14H2,1-4H3,(H,30,38)(H,33,34,37). The molecule has 0 atom stereocenters. The molecule has 3 aromatic heterocycles. The number of aryl methyl sites for hydroxylation is 1. The van der Waals surface area contributed by atoms with Crippen LogP contribution in [-0.2, 0) is 6.54 Å². The molecule has 12 heteroatoms. The summed E-state index contributed by atoms with van der Waals surface area (Å²) < 4.78 is 12.0. The zero-order chi connectivity index (χ0) is 28.6. The molecule has 0 bridgehead atoms. The first-order chi connectivity index (χ1) is 19.2. The van der Waals surface area contributed by atoms with Gasteiger partial charge in [0, 0.05) is 35.1 Å². The van der Waals surface area contributed by atoms with Gasteiger partial charge in [-0.05, 0) is 84.2 Å². The molecule has 2 amide bonds. The number of carbonyl (C=O) groups excluding carboxylic acids is 2. The van der Waals surface area contributed by atoms with Crippen LogP contribution in [-0.4, -0.2) is 63.2 Å². The summed E-state index contributed by atoms with van der Waals surface area (Å²) in [5, 5.41) is 12.8. The second kappa shape index (κ2) is 13.8. The van der Waals surface area contributed by atoms with Crippen LogP contribution in [0.3, 0.4) is 0 Å². The predicted octanol–water partition coefficient (Wildman–Crippen LogP) is 6.05. The fourth-order valence-electron chi connectivity index (χ4n) is 4.04. The largest absolute Gasteiger partial charge is 0.412 e. The van der Waals surface area contributed by atoms with Crippen molar-refractivity contribution in [2.24, 2.45) is 5.92 Å². The van der Waals surface area contributed by atoms with Gasteiger partial charge in [0.25, 0.3) is 5.91 Å². The molecule has 1 aromatic carbocycles. The molecule has 212 valence electrons. The number of rotatable bonds is 12. The average molecular weight is 629 g/mol. The van der Waals surface area contributed by atoms with Gasteiger partial charge in [0.15, 0.2) is 11.5 Å². The minimum atomic E-state index is -0.496. The molecule has 0 spiro atoms. The zero-order valence-electron chi connectivity index (χ0n) is 23.1. The molecule has 10 nitrogen and oxygen atoms in total. The Balaban J connectivity index is 1.57. The van der Waals surface area contributed by atoms with Crippen LogP contribution in [0, 0.1) is 5.92 Å². The summed E-state index contributed by atoms with van der Waals surface area (Å²) in [7, 11) is 3.88. The van der Waals surface area contributed by atoms with Gasteiger partial charge in [0.2, 0.25) is 0 Å². The van der Waals surface area contributed by atoms with E-state index in [0.717, 1.165) is 46.9 Å². The number of hydrogen-bond donors (Lipinski definition) is 2. The van der Waals surface area contributed by atoms with Crippen molar-refractivity contribution < 1.29 is 14.3 Å². The lowest BCUT2D eigenvalue weighted by Crippen LogP contribution is -2.33. The Labute approximate surface area is 246 Å². The summed E-state index contributed by atoms with van der Waals surface area (Å²) >= 11 is 4.89. The van der Waals surface area contributed by atoms with Crippen molar-refractivity contribution in [1.82, 2.24) is 29.4 Å². The lowest BCUT2D eigenvalue weighted by atomic mass is 10.1. The third kappa shape index (κ3) is 7.86. The molecular formula is C28H34BrN7O3S. The molecule has 4 rings (SSSR count). The number of carbonyl (C=O) groups is 2. The van der Waals surface area contributed by atoms with Crippen LogP contribution in [0.5, 0.6) is 5.75 Å². The van der Waals surface area contributed by atoms with Gasteiger partial charge >= 0.3 is 6.09 Å². The van der Waals surface area contributed by atoms with Crippen molar-refractivity contribution in [1.29, 1.82) is 0 Å². The summed E-state index contributed by atoms with van der Waals surface area (Å²) in [6, 6.07) is 9.12. The molecular weight excluding hydrogens is 594 g/mol. The number of hydrogen-bond acceptors (Lipinski definition) is 8. The number of likely N-dealkylation sites (N-methyl/N-ethyl adjacent to an activating group) is 1. The fraction of sp³-hybridized carbons (Fsp3) is 0.393. The number of unbranched alkanes of at least 4 members (excludes halogenated alkanes) is 1. The first kappa shape index (κ1) is 29.6. The number of nitrogens with zero attached hydrogens (tertiary/aromatic N) is 5. The number of fused-ring (bicyclic) bond motifs is 1. The van der Waals surface area contributed by atoms with E-state index in [2.05, 4.69) is 44.8 Å². The molecule has 0 aliphatic carbocycles. The lowest BCUT2D eigenvalue weighted by molar-refractivity contribution is 0.102. The number of benzene rings is 1. The van der Waals surface area contributed by atoms with E-state index in [-0.39, 0.29) is 5.91 Å². The SMILES string of the molecule is CC(C)CCCCn1nc(NC(=O)c2cnsc2)c2cc(Br)c(-c3ccc(OC(=O)NCCN(C)C)cc3)nc21. The number of nitrogens with one attached hydrogen (secondary N) is 2. The van der Waals surface area contributed by atoms with E-state index in [1.807, 2.05) is 41.9 Å². The van der Waals surface area contributed by atoms with Crippen LogP contribution in [0.1, 0.15) is 43.5 Å². The van der Waals surface area contributed by atoms with Crippen LogP contribution >= 0.6 is 27.5 Å². The first-order valence-corrected chi connectivity index (χ1v) is 14.8. The van der Waals surface area contributed by atoms with E-state index >= 15 is 0 Å². The zero-order valence-corrected chi connectivity index (χ0v) is 25.5. The van der Waals surface area contributed by atoms with Crippen LogP contribution < -0.4 is 15.4 Å². The Hall–Kier alpha value is -3.35. The molecule has 0 radical (unpaired) electrons. The number of pyridine rings is 1. The summed E-state index contributed by atoms with van der Waals surface area (Å²) in [6.45, 7) is 6.34. The lowest BCUT2D eigenvalue weighted by Gasteiger charge is -2.11. The van der Waals surface area contributed by atoms with Gasteiger partial charge in [-0.15, -0.1) is 0 Å². The molecule has 0 aliphatic rings. The minimum absolute atomic E-state index is 0.262. The first-order valence-electron chi connectivity index (χ1n) is 13.2. The number of aromatic nitrogens is 4. The van der Waals surface area contributed by atoms with Crippen molar-refractivity contribution in [3.05, 3.63) is 51.9 Å². The number of amides is 2. The van der Waals surface area contributed by atoms with Crippen molar-refractivity contribution in [2.45, 2.75) is 39.7 Å². The number of ether oxygens (including phenoxy) is 1. The Morgan fingerprint density at radius 2 is 1.95 bits per heavy atom. The van der Waals surface area contributed by atoms with Crippen LogP contribution in [0.15, 0.2) is 46.4 Å². The molecule has 0 saturated carbocycles. The van der Waals surface area contributed by atoms with Gasteiger partial charge in [-0.25, -0.2) is 18.8 Å². The van der Waals surface area contributed by atoms with Gasteiger partial charge in [0.05, 0.1) is 22.8 Å². The highest BCUT2D eigenvalue weighted by Gasteiger charge is 2.19. The highest BCUT2D eigenvalue weighted by molar-refractivity contribution is 9.10. The Kier molecular flexibility index (Phi) is 10.2. The van der Waals surface area contributed by atoms with Gasteiger partial charge < -0.3 is 20.3 Å². The summed E-state index contributed by atoms with van der Waals surface area (Å²) in [5.74, 6) is 1.27. The number of anilines is 1. The Bertz CT molecular complexity index is 1440. The molecule has 0 aliphatic heterocycles. The molecule has 40 heavy (non-hydrogen) atoms. The Morgan fingerprint density at radius 1 is 1.18 bits per heavy atom. The average Bonchev–Trinajstić information content (AvgIpc) is 3.55. The van der Waals surface area contributed by atoms with Crippen LogP contribution in [0.25, 0.3) is 22.3 Å². The van der Waals surface area contributed by atoms with Gasteiger partial charge in [-0.1, -0.05) is 26.7 Å². The highest BCUT2D eigenvalue weighted by atomic mass is 79.9. The van der Waals surface area contributed by atoms with Crippen molar-refractivity contribution in [3.8, 4) is 17.0 Å². The minimum Gasteiger partial charge on any atom is -0.410 e. The second-order valence-electron chi connectivity index (χ2n) is 10.2.